The number of aryl methyl sites for hydroxylation is 2. The van der Waals surface area contributed by atoms with Crippen LogP contribution in [0.2, 0.25) is 0 Å². The highest BCUT2D eigenvalue weighted by atomic mass is 32.1. The Hall–Kier alpha value is -2.60. The van der Waals surface area contributed by atoms with E-state index in [1.165, 1.54) is 18.4 Å². The SMILES string of the molecule is COC(=O)CC(NC(=O)c1cc2c(C)cc(C)cc2[nH]1)c1cccs1. The van der Waals surface area contributed by atoms with Crippen LogP contribution in [0.1, 0.15) is 39.0 Å². The van der Waals surface area contributed by atoms with E-state index in [2.05, 4.69) is 16.4 Å². The lowest BCUT2D eigenvalue weighted by molar-refractivity contribution is -0.141. The number of thiophene rings is 1. The third kappa shape index (κ3) is 3.74. The van der Waals surface area contributed by atoms with Crippen LogP contribution >= 0.6 is 11.3 Å². The van der Waals surface area contributed by atoms with E-state index < -0.39 is 6.04 Å². The third-order valence-corrected chi connectivity index (χ3v) is 5.11. The molecule has 0 bridgehead atoms. The summed E-state index contributed by atoms with van der Waals surface area (Å²) < 4.78 is 4.75. The lowest BCUT2D eigenvalue weighted by Gasteiger charge is -2.15. The van der Waals surface area contributed by atoms with Gasteiger partial charge in [0, 0.05) is 15.8 Å². The highest BCUT2D eigenvalue weighted by Crippen LogP contribution is 2.25. The van der Waals surface area contributed by atoms with Gasteiger partial charge in [0.2, 0.25) is 0 Å². The van der Waals surface area contributed by atoms with Gasteiger partial charge in [-0.05, 0) is 48.6 Å². The quantitative estimate of drug-likeness (QED) is 0.682. The minimum absolute atomic E-state index is 0.0983. The highest BCUT2D eigenvalue weighted by Gasteiger charge is 2.21. The number of aromatic nitrogens is 1. The lowest BCUT2D eigenvalue weighted by Crippen LogP contribution is -2.30. The number of methoxy groups -OCH3 is 1. The van der Waals surface area contributed by atoms with Gasteiger partial charge in [-0.1, -0.05) is 12.1 Å². The summed E-state index contributed by atoms with van der Waals surface area (Å²) in [6.45, 7) is 4.05. The molecule has 2 aromatic heterocycles. The summed E-state index contributed by atoms with van der Waals surface area (Å²) in [6, 6.07) is 9.34. The highest BCUT2D eigenvalue weighted by molar-refractivity contribution is 7.10. The van der Waals surface area contributed by atoms with E-state index in [0.717, 1.165) is 26.9 Å². The molecule has 0 saturated heterocycles. The van der Waals surface area contributed by atoms with Gasteiger partial charge in [-0.2, -0.15) is 0 Å². The van der Waals surface area contributed by atoms with E-state index in [4.69, 9.17) is 4.74 Å². The molecule has 2 heterocycles. The number of carbonyl (C=O) groups excluding carboxylic acids is 2. The Morgan fingerprint density at radius 1 is 1.28 bits per heavy atom. The number of fused-ring (bicyclic) bond motifs is 1. The average molecular weight is 356 g/mol. The van der Waals surface area contributed by atoms with Crippen molar-refractivity contribution in [2.24, 2.45) is 0 Å². The number of rotatable bonds is 5. The fourth-order valence-corrected chi connectivity index (χ4v) is 3.70. The standard InChI is InChI=1S/C19H20N2O3S/c1-11-7-12(2)13-9-16(20-14(13)8-11)19(23)21-15(10-18(22)24-3)17-5-4-6-25-17/h4-9,15,20H,10H2,1-3H3,(H,21,23). The smallest absolute Gasteiger partial charge is 0.307 e. The van der Waals surface area contributed by atoms with Gasteiger partial charge in [0.1, 0.15) is 5.69 Å². The van der Waals surface area contributed by atoms with Crippen molar-refractivity contribution >= 4 is 34.1 Å². The van der Waals surface area contributed by atoms with E-state index in [0.29, 0.717) is 5.69 Å². The second-order valence-electron chi connectivity index (χ2n) is 6.05. The first-order valence-electron chi connectivity index (χ1n) is 7.99. The molecule has 5 nitrogen and oxygen atoms in total. The summed E-state index contributed by atoms with van der Waals surface area (Å²) in [5.41, 5.74) is 3.68. The number of amides is 1. The number of aromatic amines is 1. The largest absolute Gasteiger partial charge is 0.469 e. The maximum atomic E-state index is 12.7. The molecule has 130 valence electrons. The normalized spacial score (nSPS) is 12.1. The van der Waals surface area contributed by atoms with E-state index in [1.54, 1.807) is 0 Å². The van der Waals surface area contributed by atoms with Crippen molar-refractivity contribution in [1.82, 2.24) is 10.3 Å². The molecule has 0 aliphatic rings. The number of esters is 1. The zero-order chi connectivity index (χ0) is 18.0. The fraction of sp³-hybridized carbons (Fsp3) is 0.263. The fourth-order valence-electron chi connectivity index (χ4n) is 2.92. The topological polar surface area (TPSA) is 71.2 Å². The minimum atomic E-state index is -0.408. The Kier molecular flexibility index (Phi) is 4.90. The van der Waals surface area contributed by atoms with Gasteiger partial charge >= 0.3 is 5.97 Å². The molecule has 6 heteroatoms. The first-order chi connectivity index (χ1) is 12.0. The number of hydrogen-bond donors (Lipinski definition) is 2. The molecule has 0 aliphatic heterocycles. The van der Waals surface area contributed by atoms with Crippen molar-refractivity contribution in [3.05, 3.63) is 57.4 Å². The molecular formula is C19H20N2O3S. The van der Waals surface area contributed by atoms with Gasteiger partial charge in [0.15, 0.2) is 0 Å². The van der Waals surface area contributed by atoms with Crippen molar-refractivity contribution in [3.63, 3.8) is 0 Å². The number of hydrogen-bond acceptors (Lipinski definition) is 4. The van der Waals surface area contributed by atoms with Crippen molar-refractivity contribution in [3.8, 4) is 0 Å². The number of nitrogens with one attached hydrogen (secondary N) is 2. The van der Waals surface area contributed by atoms with Crippen LogP contribution in [0, 0.1) is 13.8 Å². The molecule has 1 amide bonds. The summed E-state index contributed by atoms with van der Waals surface area (Å²) >= 11 is 1.50. The molecule has 0 spiro atoms. The predicted octanol–water partition coefficient (Wildman–Crippen LogP) is 3.88. The molecule has 0 saturated carbocycles. The average Bonchev–Trinajstić information content (AvgIpc) is 3.23. The monoisotopic (exact) mass is 356 g/mol. The molecule has 1 aromatic carbocycles. The predicted molar refractivity (Wildman–Crippen MR) is 98.9 cm³/mol. The molecule has 1 unspecified atom stereocenters. The Morgan fingerprint density at radius 3 is 2.76 bits per heavy atom. The third-order valence-electron chi connectivity index (χ3n) is 4.12. The maximum Gasteiger partial charge on any atom is 0.307 e. The molecule has 0 aliphatic carbocycles. The van der Waals surface area contributed by atoms with Crippen molar-refractivity contribution in [2.75, 3.05) is 7.11 Å². The number of ether oxygens (including phenoxy) is 1. The van der Waals surface area contributed by atoms with E-state index in [1.807, 2.05) is 43.5 Å². The van der Waals surface area contributed by atoms with E-state index in [9.17, 15) is 9.59 Å². The minimum Gasteiger partial charge on any atom is -0.469 e. The summed E-state index contributed by atoms with van der Waals surface area (Å²) in [7, 11) is 1.35. The van der Waals surface area contributed by atoms with Crippen molar-refractivity contribution in [2.45, 2.75) is 26.3 Å². The van der Waals surface area contributed by atoms with Crippen LogP contribution < -0.4 is 5.32 Å². The molecule has 3 rings (SSSR count). The number of H-pyrrole nitrogens is 1. The molecule has 1 atom stereocenters. The van der Waals surface area contributed by atoms with Crippen LogP contribution in [0.3, 0.4) is 0 Å². The second kappa shape index (κ2) is 7.11. The lowest BCUT2D eigenvalue weighted by atomic mass is 10.1. The molecule has 3 aromatic rings. The molecular weight excluding hydrogens is 336 g/mol. The van der Waals surface area contributed by atoms with Gasteiger partial charge in [0.25, 0.3) is 5.91 Å². The van der Waals surface area contributed by atoms with Gasteiger partial charge in [0.05, 0.1) is 19.6 Å². The number of carbonyl (C=O) groups is 2. The van der Waals surface area contributed by atoms with Crippen LogP contribution in [-0.2, 0) is 9.53 Å². The van der Waals surface area contributed by atoms with Crippen molar-refractivity contribution < 1.29 is 14.3 Å². The van der Waals surface area contributed by atoms with Crippen LogP contribution in [0.4, 0.5) is 0 Å². The van der Waals surface area contributed by atoms with E-state index >= 15 is 0 Å². The summed E-state index contributed by atoms with van der Waals surface area (Å²) in [5.74, 6) is -0.600. The Bertz CT molecular complexity index is 912. The van der Waals surface area contributed by atoms with E-state index in [-0.39, 0.29) is 18.3 Å². The van der Waals surface area contributed by atoms with Crippen LogP contribution in [0.15, 0.2) is 35.7 Å². The van der Waals surface area contributed by atoms with Gasteiger partial charge < -0.3 is 15.0 Å². The summed E-state index contributed by atoms with van der Waals surface area (Å²) in [5, 5.41) is 5.88. The summed E-state index contributed by atoms with van der Waals surface area (Å²) in [6.07, 6.45) is 0.0983. The number of benzene rings is 1. The van der Waals surface area contributed by atoms with Crippen LogP contribution in [0.25, 0.3) is 10.9 Å². The van der Waals surface area contributed by atoms with Crippen molar-refractivity contribution in [1.29, 1.82) is 0 Å². The molecule has 0 fully saturated rings. The Morgan fingerprint density at radius 2 is 2.08 bits per heavy atom. The first kappa shape index (κ1) is 17.2. The zero-order valence-electron chi connectivity index (χ0n) is 14.4. The van der Waals surface area contributed by atoms with Gasteiger partial charge in [-0.3, -0.25) is 9.59 Å². The molecule has 0 radical (unpaired) electrons. The zero-order valence-corrected chi connectivity index (χ0v) is 15.2. The van der Waals surface area contributed by atoms with Gasteiger partial charge in [-0.15, -0.1) is 11.3 Å². The van der Waals surface area contributed by atoms with Crippen LogP contribution in [0.5, 0.6) is 0 Å². The van der Waals surface area contributed by atoms with Gasteiger partial charge in [-0.25, -0.2) is 0 Å². The second-order valence-corrected chi connectivity index (χ2v) is 7.03. The molecule has 25 heavy (non-hydrogen) atoms. The Balaban J connectivity index is 1.86. The van der Waals surface area contributed by atoms with Crippen LogP contribution in [-0.4, -0.2) is 24.0 Å². The Labute approximate surface area is 150 Å². The molecule has 2 N–H and O–H groups in total. The summed E-state index contributed by atoms with van der Waals surface area (Å²) in [4.78, 5) is 28.5. The first-order valence-corrected chi connectivity index (χ1v) is 8.87. The maximum absolute atomic E-state index is 12.7.